The Kier molecular flexibility index (Phi) is 7.64. The molecule has 0 saturated carbocycles. The topological polar surface area (TPSA) is 51.1 Å². The Balaban J connectivity index is 4.38. The van der Waals surface area contributed by atoms with Gasteiger partial charge in [-0.05, 0) is 20.3 Å². The van der Waals surface area contributed by atoms with Gasteiger partial charge in [0.2, 0.25) is 0 Å². The van der Waals surface area contributed by atoms with Gasteiger partial charge in [-0.25, -0.2) is 0 Å². The van der Waals surface area contributed by atoms with Crippen molar-refractivity contribution in [2.24, 2.45) is 5.10 Å². The molecule has 0 rings (SSSR count). The molecule has 0 saturated heterocycles. The zero-order chi connectivity index (χ0) is 12.6. The minimum Gasteiger partial charge on any atom is -0.309 e. The fraction of sp³-hybridized carbons (Fsp3) is 0.900. The van der Waals surface area contributed by atoms with E-state index in [0.717, 1.165) is 0 Å². The molecule has 1 atom stereocenters. The third-order valence-electron chi connectivity index (χ3n) is 1.92. The van der Waals surface area contributed by atoms with Crippen LogP contribution in [0.2, 0.25) is 0 Å². The molecule has 0 aliphatic carbocycles. The molecule has 96 valence electrons. The molecule has 5 nitrogen and oxygen atoms in total. The van der Waals surface area contributed by atoms with Crippen molar-refractivity contribution < 1.29 is 13.6 Å². The summed E-state index contributed by atoms with van der Waals surface area (Å²) < 4.78 is 22.8. The summed E-state index contributed by atoms with van der Waals surface area (Å²) in [5.41, 5.74) is -0.170. The van der Waals surface area contributed by atoms with Crippen LogP contribution in [-0.2, 0) is 13.6 Å². The van der Waals surface area contributed by atoms with Crippen LogP contribution in [0.3, 0.4) is 0 Å². The Bertz CT molecular complexity index is 246. The second-order valence-corrected chi connectivity index (χ2v) is 6.08. The molecule has 0 fully saturated rings. The van der Waals surface area contributed by atoms with E-state index in [1.165, 1.54) is 0 Å². The lowest BCUT2D eigenvalue weighted by Gasteiger charge is -2.22. The molecular formula is C10H23N2O3P. The van der Waals surface area contributed by atoms with E-state index >= 15 is 0 Å². The maximum absolute atomic E-state index is 12.3. The molecule has 0 aliphatic rings. The van der Waals surface area contributed by atoms with Gasteiger partial charge in [0.15, 0.2) is 0 Å². The van der Waals surface area contributed by atoms with Crippen molar-refractivity contribution in [3.8, 4) is 0 Å². The van der Waals surface area contributed by atoms with E-state index in [2.05, 4.69) is 5.10 Å². The summed E-state index contributed by atoms with van der Waals surface area (Å²) in [5.74, 6) is 0. The highest BCUT2D eigenvalue weighted by Crippen LogP contribution is 2.53. The van der Waals surface area contributed by atoms with Crippen molar-refractivity contribution in [2.75, 3.05) is 27.3 Å². The standard InChI is InChI=1S/C10H23N2O3P/c1-6-14-16(13,15-7-2)10(3)8-9-11-12(4)5/h9-10H,6-8H2,1-5H3. The quantitative estimate of drug-likeness (QED) is 0.377. The van der Waals surface area contributed by atoms with Gasteiger partial charge >= 0.3 is 7.60 Å². The average molecular weight is 250 g/mol. The van der Waals surface area contributed by atoms with Gasteiger partial charge in [-0.2, -0.15) is 5.10 Å². The first-order chi connectivity index (χ1) is 7.46. The summed E-state index contributed by atoms with van der Waals surface area (Å²) in [6.07, 6.45) is 2.31. The zero-order valence-corrected chi connectivity index (χ0v) is 11.7. The van der Waals surface area contributed by atoms with Gasteiger partial charge < -0.3 is 14.1 Å². The lowest BCUT2D eigenvalue weighted by Crippen LogP contribution is -2.11. The summed E-state index contributed by atoms with van der Waals surface area (Å²) in [4.78, 5) is 0. The van der Waals surface area contributed by atoms with Gasteiger partial charge in [0.25, 0.3) is 0 Å². The fourth-order valence-corrected chi connectivity index (χ4v) is 2.80. The highest BCUT2D eigenvalue weighted by atomic mass is 31.2. The molecule has 0 amide bonds. The smallest absolute Gasteiger partial charge is 0.309 e. The summed E-state index contributed by atoms with van der Waals surface area (Å²) in [6, 6.07) is 0. The van der Waals surface area contributed by atoms with Crippen LogP contribution in [0.1, 0.15) is 27.2 Å². The van der Waals surface area contributed by atoms with E-state index in [1.807, 2.05) is 34.9 Å². The Morgan fingerprint density at radius 2 is 1.81 bits per heavy atom. The summed E-state index contributed by atoms with van der Waals surface area (Å²) in [5, 5.41) is 5.77. The van der Waals surface area contributed by atoms with Crippen molar-refractivity contribution in [3.05, 3.63) is 0 Å². The van der Waals surface area contributed by atoms with Gasteiger partial charge in [-0.15, -0.1) is 0 Å². The number of rotatable bonds is 8. The third-order valence-corrected chi connectivity index (χ3v) is 4.44. The molecule has 0 heterocycles. The summed E-state index contributed by atoms with van der Waals surface area (Å²) >= 11 is 0. The van der Waals surface area contributed by atoms with Crippen molar-refractivity contribution in [1.29, 1.82) is 0 Å². The Labute approximate surface area is 98.3 Å². The molecular weight excluding hydrogens is 227 g/mol. The maximum atomic E-state index is 12.3. The van der Waals surface area contributed by atoms with Crippen molar-refractivity contribution in [1.82, 2.24) is 5.01 Å². The van der Waals surface area contributed by atoms with Gasteiger partial charge in [0.1, 0.15) is 0 Å². The van der Waals surface area contributed by atoms with E-state index in [0.29, 0.717) is 19.6 Å². The van der Waals surface area contributed by atoms with Crippen LogP contribution >= 0.6 is 7.60 Å². The predicted molar refractivity (Wildman–Crippen MR) is 67.1 cm³/mol. The van der Waals surface area contributed by atoms with Gasteiger partial charge in [0, 0.05) is 20.3 Å². The first kappa shape index (κ1) is 15.6. The van der Waals surface area contributed by atoms with Gasteiger partial charge in [-0.3, -0.25) is 4.57 Å². The lowest BCUT2D eigenvalue weighted by atomic mass is 10.4. The Morgan fingerprint density at radius 1 is 1.31 bits per heavy atom. The molecule has 0 spiro atoms. The van der Waals surface area contributed by atoms with Crippen LogP contribution in [0.15, 0.2) is 5.10 Å². The van der Waals surface area contributed by atoms with Gasteiger partial charge in [0.05, 0.1) is 18.9 Å². The molecule has 6 heteroatoms. The Morgan fingerprint density at radius 3 is 2.19 bits per heavy atom. The van der Waals surface area contributed by atoms with E-state index in [-0.39, 0.29) is 5.66 Å². The van der Waals surface area contributed by atoms with Crippen molar-refractivity contribution >= 4 is 13.8 Å². The molecule has 0 aromatic heterocycles. The molecule has 0 radical (unpaired) electrons. The van der Waals surface area contributed by atoms with Crippen LogP contribution in [0.4, 0.5) is 0 Å². The molecule has 0 aromatic rings. The summed E-state index contributed by atoms with van der Waals surface area (Å²) in [7, 11) is 0.698. The molecule has 16 heavy (non-hydrogen) atoms. The number of nitrogens with zero attached hydrogens (tertiary/aromatic N) is 2. The first-order valence-corrected chi connectivity index (χ1v) is 7.16. The van der Waals surface area contributed by atoms with E-state index in [1.54, 1.807) is 11.2 Å². The minimum absolute atomic E-state index is 0.170. The fourth-order valence-electron chi connectivity index (χ4n) is 1.14. The van der Waals surface area contributed by atoms with Crippen LogP contribution in [0.25, 0.3) is 0 Å². The normalized spacial score (nSPS) is 14.3. The average Bonchev–Trinajstić information content (AvgIpc) is 2.17. The largest absolute Gasteiger partial charge is 0.333 e. The van der Waals surface area contributed by atoms with Crippen LogP contribution in [0, 0.1) is 0 Å². The maximum Gasteiger partial charge on any atom is 0.333 e. The molecule has 0 aliphatic heterocycles. The van der Waals surface area contributed by atoms with Gasteiger partial charge in [-0.1, -0.05) is 6.92 Å². The third kappa shape index (κ3) is 5.64. The first-order valence-electron chi connectivity index (χ1n) is 5.54. The molecule has 0 aromatic carbocycles. The molecule has 0 bridgehead atoms. The number of hydrazone groups is 1. The number of hydrogen-bond donors (Lipinski definition) is 0. The monoisotopic (exact) mass is 250 g/mol. The molecule has 1 unspecified atom stereocenters. The van der Waals surface area contributed by atoms with Crippen molar-refractivity contribution in [3.63, 3.8) is 0 Å². The van der Waals surface area contributed by atoms with Crippen LogP contribution in [0.5, 0.6) is 0 Å². The van der Waals surface area contributed by atoms with Crippen molar-refractivity contribution in [2.45, 2.75) is 32.9 Å². The second kappa shape index (κ2) is 7.82. The highest BCUT2D eigenvalue weighted by molar-refractivity contribution is 7.54. The predicted octanol–water partition coefficient (Wildman–Crippen LogP) is 2.58. The van der Waals surface area contributed by atoms with E-state index in [9.17, 15) is 4.57 Å². The van der Waals surface area contributed by atoms with Crippen LogP contribution in [-0.4, -0.2) is 44.2 Å². The lowest BCUT2D eigenvalue weighted by molar-refractivity contribution is 0.213. The minimum atomic E-state index is -2.98. The van der Waals surface area contributed by atoms with E-state index < -0.39 is 7.60 Å². The SMILES string of the molecule is CCOP(=O)(OCC)C(C)CC=NN(C)C. The Hall–Kier alpha value is -0.380. The van der Waals surface area contributed by atoms with Crippen LogP contribution < -0.4 is 0 Å². The summed E-state index contributed by atoms with van der Waals surface area (Å²) in [6.45, 7) is 6.27. The van der Waals surface area contributed by atoms with E-state index in [4.69, 9.17) is 9.05 Å². The molecule has 0 N–H and O–H groups in total. The zero-order valence-electron chi connectivity index (χ0n) is 10.8. The number of hydrogen-bond acceptors (Lipinski definition) is 5. The highest BCUT2D eigenvalue weighted by Gasteiger charge is 2.30. The second-order valence-electron chi connectivity index (χ2n) is 3.61.